The minimum atomic E-state index is -4.67. The van der Waals surface area contributed by atoms with Crippen LogP contribution < -0.4 is 0 Å². The molecule has 0 amide bonds. The Bertz CT molecular complexity index is 549. The van der Waals surface area contributed by atoms with Crippen LogP contribution >= 0.6 is 0 Å². The maximum atomic E-state index is 12.4. The van der Waals surface area contributed by atoms with Crippen LogP contribution in [-0.2, 0) is 20.5 Å². The quantitative estimate of drug-likeness (QED) is 0.472. The van der Waals surface area contributed by atoms with Gasteiger partial charge in [-0.15, -0.1) is 0 Å². The van der Waals surface area contributed by atoms with E-state index in [9.17, 15) is 22.8 Å². The van der Waals surface area contributed by atoms with Crippen molar-refractivity contribution >= 4 is 12.3 Å². The van der Waals surface area contributed by atoms with Crippen LogP contribution in [-0.4, -0.2) is 24.3 Å². The molecule has 1 aromatic heterocycles. The van der Waals surface area contributed by atoms with Crippen molar-refractivity contribution in [3.63, 3.8) is 0 Å². The van der Waals surface area contributed by atoms with E-state index in [0.29, 0.717) is 12.3 Å². The zero-order valence-corrected chi connectivity index (χ0v) is 9.56. The number of carbonyl (C=O) groups excluding carboxylic acids is 2. The Hall–Kier alpha value is -2.43. The van der Waals surface area contributed by atoms with Crippen molar-refractivity contribution in [2.24, 2.45) is 0 Å². The molecule has 19 heavy (non-hydrogen) atoms. The molecule has 1 atom stereocenters. The Morgan fingerprint density at radius 2 is 2.21 bits per heavy atom. The van der Waals surface area contributed by atoms with Crippen LogP contribution in [0.5, 0.6) is 0 Å². The molecule has 1 heterocycles. The zero-order valence-electron chi connectivity index (χ0n) is 9.56. The van der Waals surface area contributed by atoms with Gasteiger partial charge in [-0.1, -0.05) is 0 Å². The Morgan fingerprint density at radius 1 is 1.58 bits per heavy atom. The van der Waals surface area contributed by atoms with Crippen LogP contribution in [0.1, 0.15) is 22.7 Å². The van der Waals surface area contributed by atoms with Gasteiger partial charge in [0.1, 0.15) is 12.4 Å². The fraction of sp³-hybridized carbons (Fsp3) is 0.273. The molecule has 100 valence electrons. The van der Waals surface area contributed by atoms with E-state index >= 15 is 0 Å². The lowest BCUT2D eigenvalue weighted by molar-refractivity contribution is -0.143. The van der Waals surface area contributed by atoms with Crippen molar-refractivity contribution in [2.45, 2.75) is 12.1 Å². The van der Waals surface area contributed by atoms with Crippen LogP contribution in [0.25, 0.3) is 0 Å². The molecule has 5 nitrogen and oxygen atoms in total. The fourth-order valence-corrected chi connectivity index (χ4v) is 1.33. The van der Waals surface area contributed by atoms with Gasteiger partial charge in [-0.2, -0.15) is 18.4 Å². The average Bonchev–Trinajstić information content (AvgIpc) is 2.38. The molecule has 0 spiro atoms. The van der Waals surface area contributed by atoms with Crippen LogP contribution in [0.4, 0.5) is 13.2 Å². The van der Waals surface area contributed by atoms with E-state index in [4.69, 9.17) is 5.26 Å². The summed E-state index contributed by atoms with van der Waals surface area (Å²) in [6, 6.07) is 2.00. The predicted octanol–water partition coefficient (Wildman–Crippen LogP) is 1.43. The van der Waals surface area contributed by atoms with Crippen LogP contribution in [0, 0.1) is 11.3 Å². The number of esters is 1. The van der Waals surface area contributed by atoms with Gasteiger partial charge in [-0.05, 0) is 6.07 Å². The van der Waals surface area contributed by atoms with Gasteiger partial charge in [0.2, 0.25) is 0 Å². The number of aldehydes is 1. The minimum absolute atomic E-state index is 0.155. The average molecular weight is 272 g/mol. The number of rotatable bonds is 3. The van der Waals surface area contributed by atoms with Crippen molar-refractivity contribution in [2.75, 3.05) is 7.11 Å². The third-order valence-corrected chi connectivity index (χ3v) is 2.25. The first-order valence-corrected chi connectivity index (χ1v) is 4.85. The van der Waals surface area contributed by atoms with E-state index in [0.717, 1.165) is 7.11 Å². The first-order chi connectivity index (χ1) is 8.85. The van der Waals surface area contributed by atoms with E-state index in [1.807, 2.05) is 0 Å². The molecule has 1 aromatic rings. The Morgan fingerprint density at radius 3 is 2.63 bits per heavy atom. The summed E-state index contributed by atoms with van der Waals surface area (Å²) >= 11 is 0. The van der Waals surface area contributed by atoms with E-state index in [2.05, 4.69) is 9.72 Å². The molecule has 0 saturated heterocycles. The molecular formula is C11H7F3N2O3. The molecule has 1 unspecified atom stereocenters. The summed E-state index contributed by atoms with van der Waals surface area (Å²) in [4.78, 5) is 25.4. The van der Waals surface area contributed by atoms with Gasteiger partial charge < -0.3 is 9.53 Å². The summed E-state index contributed by atoms with van der Waals surface area (Å²) in [6.07, 6.45) is -4.06. The first kappa shape index (κ1) is 14.6. The predicted molar refractivity (Wildman–Crippen MR) is 54.8 cm³/mol. The lowest BCUT2D eigenvalue weighted by atomic mass is 10.0. The number of nitrogens with zero attached hydrogens (tertiary/aromatic N) is 2. The fourth-order valence-electron chi connectivity index (χ4n) is 1.33. The van der Waals surface area contributed by atoms with Gasteiger partial charge >= 0.3 is 12.1 Å². The van der Waals surface area contributed by atoms with Crippen molar-refractivity contribution in [1.82, 2.24) is 4.98 Å². The maximum absolute atomic E-state index is 12.4. The largest absolute Gasteiger partial charge is 0.468 e. The van der Waals surface area contributed by atoms with E-state index < -0.39 is 29.2 Å². The van der Waals surface area contributed by atoms with Gasteiger partial charge in [0.15, 0.2) is 5.92 Å². The van der Waals surface area contributed by atoms with Crippen molar-refractivity contribution < 1.29 is 27.5 Å². The second kappa shape index (κ2) is 5.48. The smallest absolute Gasteiger partial charge is 0.417 e. The highest BCUT2D eigenvalue weighted by Crippen LogP contribution is 2.30. The summed E-state index contributed by atoms with van der Waals surface area (Å²) in [5, 5.41) is 8.78. The molecule has 0 bridgehead atoms. The summed E-state index contributed by atoms with van der Waals surface area (Å²) in [6.45, 7) is 0. The number of hydrogen-bond donors (Lipinski definition) is 0. The van der Waals surface area contributed by atoms with Crippen molar-refractivity contribution in [3.8, 4) is 6.07 Å². The van der Waals surface area contributed by atoms with E-state index in [1.165, 1.54) is 6.07 Å². The summed E-state index contributed by atoms with van der Waals surface area (Å²) in [5.41, 5.74) is -2.00. The summed E-state index contributed by atoms with van der Waals surface area (Å²) < 4.78 is 41.6. The second-order valence-electron chi connectivity index (χ2n) is 3.40. The highest BCUT2D eigenvalue weighted by molar-refractivity contribution is 5.94. The highest BCUT2D eigenvalue weighted by Gasteiger charge is 2.33. The molecule has 0 aliphatic carbocycles. The van der Waals surface area contributed by atoms with E-state index in [-0.39, 0.29) is 12.0 Å². The number of ether oxygens (including phenoxy) is 1. The molecule has 0 fully saturated rings. The summed E-state index contributed by atoms with van der Waals surface area (Å²) in [7, 11) is 1.01. The molecule has 1 rings (SSSR count). The molecule has 0 saturated carbocycles. The molecule has 0 aromatic carbocycles. The van der Waals surface area contributed by atoms with E-state index in [1.54, 1.807) is 0 Å². The third-order valence-electron chi connectivity index (χ3n) is 2.25. The lowest BCUT2D eigenvalue weighted by Gasteiger charge is -2.11. The molecule has 0 N–H and O–H groups in total. The number of hydrogen-bond acceptors (Lipinski definition) is 5. The van der Waals surface area contributed by atoms with Crippen molar-refractivity contribution in [1.29, 1.82) is 5.26 Å². The Kier molecular flexibility index (Phi) is 4.22. The lowest BCUT2D eigenvalue weighted by Crippen LogP contribution is -2.19. The minimum Gasteiger partial charge on any atom is -0.468 e. The molecule has 0 radical (unpaired) electrons. The third kappa shape index (κ3) is 3.07. The van der Waals surface area contributed by atoms with Gasteiger partial charge in [0.05, 0.1) is 23.9 Å². The SMILES string of the molecule is COC(=O)C(C=O)c1ncc(C(F)(F)F)cc1C#N. The number of nitriles is 1. The number of alkyl halides is 3. The monoisotopic (exact) mass is 272 g/mol. The van der Waals surface area contributed by atoms with Crippen molar-refractivity contribution in [3.05, 3.63) is 29.1 Å². The zero-order chi connectivity index (χ0) is 14.6. The molecule has 0 aliphatic rings. The second-order valence-corrected chi connectivity index (χ2v) is 3.40. The number of methoxy groups -OCH3 is 1. The highest BCUT2D eigenvalue weighted by atomic mass is 19.4. The number of carbonyl (C=O) groups is 2. The number of aromatic nitrogens is 1. The van der Waals surface area contributed by atoms with Gasteiger partial charge in [0, 0.05) is 6.20 Å². The molecule has 0 aliphatic heterocycles. The summed E-state index contributed by atoms with van der Waals surface area (Å²) in [5.74, 6) is -2.53. The van der Waals surface area contributed by atoms with Crippen LogP contribution in [0.2, 0.25) is 0 Å². The van der Waals surface area contributed by atoms with Gasteiger partial charge in [0.25, 0.3) is 0 Å². The molecule has 8 heteroatoms. The Labute approximate surface area is 105 Å². The van der Waals surface area contributed by atoms with Crippen LogP contribution in [0.15, 0.2) is 12.3 Å². The van der Waals surface area contributed by atoms with Gasteiger partial charge in [-0.25, -0.2) is 0 Å². The number of pyridine rings is 1. The maximum Gasteiger partial charge on any atom is 0.417 e. The number of halogens is 3. The first-order valence-electron chi connectivity index (χ1n) is 4.85. The molecular weight excluding hydrogens is 265 g/mol. The van der Waals surface area contributed by atoms with Gasteiger partial charge in [-0.3, -0.25) is 9.78 Å². The normalized spacial score (nSPS) is 12.4. The topological polar surface area (TPSA) is 80.1 Å². The standard InChI is InChI=1S/C11H7F3N2O3/c1-19-10(18)8(5-17)9-6(3-15)2-7(4-16-9)11(12,13)14/h2,4-5,8H,1H3. The Balaban J connectivity index is 3.35. The van der Waals surface area contributed by atoms with Crippen LogP contribution in [0.3, 0.4) is 0 Å².